The summed E-state index contributed by atoms with van der Waals surface area (Å²) in [6.07, 6.45) is 2.21. The van der Waals surface area contributed by atoms with Gasteiger partial charge in [0, 0.05) is 17.4 Å². The van der Waals surface area contributed by atoms with Gasteiger partial charge in [0.05, 0.1) is 16.8 Å². The van der Waals surface area contributed by atoms with Crippen LogP contribution < -0.4 is 0 Å². The lowest BCUT2D eigenvalue weighted by Crippen LogP contribution is -2.30. The molecular formula is C28H23NO3. The van der Waals surface area contributed by atoms with E-state index in [-0.39, 0.29) is 5.78 Å². The number of carbonyl (C=O) groups is 2. The van der Waals surface area contributed by atoms with Crippen LogP contribution in [0.15, 0.2) is 84.9 Å². The number of rotatable bonds is 4. The third-order valence-corrected chi connectivity index (χ3v) is 5.97. The summed E-state index contributed by atoms with van der Waals surface area (Å²) in [5, 5.41) is 0.727. The molecule has 32 heavy (non-hydrogen) atoms. The maximum atomic E-state index is 13.1. The molecular weight excluding hydrogens is 398 g/mol. The zero-order chi connectivity index (χ0) is 21.9. The number of hydrogen-bond donors (Lipinski definition) is 0. The van der Waals surface area contributed by atoms with Crippen LogP contribution in [0.3, 0.4) is 0 Å². The number of esters is 1. The zero-order valence-corrected chi connectivity index (χ0v) is 17.7. The number of hydrogen-bond acceptors (Lipinski definition) is 4. The van der Waals surface area contributed by atoms with Crippen molar-refractivity contribution >= 4 is 22.7 Å². The number of nitrogens with zero attached hydrogens (tertiary/aromatic N) is 1. The van der Waals surface area contributed by atoms with Gasteiger partial charge in [0.25, 0.3) is 0 Å². The molecule has 1 aliphatic carbocycles. The van der Waals surface area contributed by atoms with Crippen molar-refractivity contribution in [2.45, 2.75) is 31.8 Å². The summed E-state index contributed by atoms with van der Waals surface area (Å²) in [6, 6.07) is 27.6. The zero-order valence-electron chi connectivity index (χ0n) is 17.7. The van der Waals surface area contributed by atoms with Gasteiger partial charge in [-0.3, -0.25) is 4.79 Å². The van der Waals surface area contributed by atoms with E-state index in [1.165, 1.54) is 0 Å². The van der Waals surface area contributed by atoms with Gasteiger partial charge in [-0.05, 0) is 42.5 Å². The van der Waals surface area contributed by atoms with Crippen LogP contribution in [-0.2, 0) is 9.53 Å². The molecule has 0 bridgehead atoms. The summed E-state index contributed by atoms with van der Waals surface area (Å²) in [5.41, 5.74) is 5.04. The Hall–Kier alpha value is -3.79. The van der Waals surface area contributed by atoms with Crippen LogP contribution in [0.4, 0.5) is 0 Å². The maximum absolute atomic E-state index is 13.1. The van der Waals surface area contributed by atoms with E-state index in [1.807, 2.05) is 54.6 Å². The normalized spacial score (nSPS) is 16.1. The van der Waals surface area contributed by atoms with Crippen LogP contribution in [0, 0.1) is 0 Å². The molecule has 1 aromatic heterocycles. The molecule has 0 saturated heterocycles. The van der Waals surface area contributed by atoms with E-state index in [0.717, 1.165) is 40.4 Å². The minimum absolute atomic E-state index is 0.0136. The maximum Gasteiger partial charge on any atom is 0.339 e. The van der Waals surface area contributed by atoms with E-state index in [9.17, 15) is 9.59 Å². The van der Waals surface area contributed by atoms with E-state index in [0.29, 0.717) is 24.1 Å². The Morgan fingerprint density at radius 2 is 1.50 bits per heavy atom. The summed E-state index contributed by atoms with van der Waals surface area (Å²) in [4.78, 5) is 30.0. The Balaban J connectivity index is 1.50. The molecule has 1 heterocycles. The second-order valence-electron chi connectivity index (χ2n) is 8.12. The molecule has 1 atom stereocenters. The molecule has 0 unspecified atom stereocenters. The van der Waals surface area contributed by atoms with Gasteiger partial charge in [-0.15, -0.1) is 0 Å². The lowest BCUT2D eigenvalue weighted by atomic mass is 9.96. The van der Waals surface area contributed by atoms with Crippen LogP contribution in [0.5, 0.6) is 0 Å². The Bertz CT molecular complexity index is 1280. The Morgan fingerprint density at radius 1 is 0.812 bits per heavy atom. The summed E-state index contributed by atoms with van der Waals surface area (Å²) in [5.74, 6) is -0.453. The molecule has 0 radical (unpaired) electrons. The number of aromatic nitrogens is 1. The molecule has 0 spiro atoms. The van der Waals surface area contributed by atoms with E-state index in [4.69, 9.17) is 9.72 Å². The molecule has 1 fully saturated rings. The molecule has 1 saturated carbocycles. The average molecular weight is 421 g/mol. The highest BCUT2D eigenvalue weighted by molar-refractivity contribution is 6.05. The van der Waals surface area contributed by atoms with Crippen LogP contribution >= 0.6 is 0 Å². The molecule has 4 nitrogen and oxygen atoms in total. The third-order valence-electron chi connectivity index (χ3n) is 5.97. The van der Waals surface area contributed by atoms with Gasteiger partial charge >= 0.3 is 5.97 Å². The Kier molecular flexibility index (Phi) is 5.51. The summed E-state index contributed by atoms with van der Waals surface area (Å²) in [6.45, 7) is 0. The topological polar surface area (TPSA) is 56.3 Å². The van der Waals surface area contributed by atoms with Gasteiger partial charge in [0.1, 0.15) is 0 Å². The molecule has 4 heteroatoms. The van der Waals surface area contributed by atoms with Crippen molar-refractivity contribution in [1.82, 2.24) is 4.98 Å². The second kappa shape index (κ2) is 8.75. The summed E-state index contributed by atoms with van der Waals surface area (Å²) >= 11 is 0. The minimum atomic E-state index is -0.642. The van der Waals surface area contributed by atoms with Crippen molar-refractivity contribution < 1.29 is 14.3 Å². The summed E-state index contributed by atoms with van der Waals surface area (Å²) in [7, 11) is 0. The molecule has 0 aliphatic heterocycles. The number of ether oxygens (including phenoxy) is 1. The second-order valence-corrected chi connectivity index (χ2v) is 8.12. The molecule has 5 rings (SSSR count). The Morgan fingerprint density at radius 3 is 2.28 bits per heavy atom. The highest BCUT2D eigenvalue weighted by Gasteiger charge is 2.27. The molecule has 0 N–H and O–H groups in total. The fourth-order valence-electron chi connectivity index (χ4n) is 4.22. The van der Waals surface area contributed by atoms with Crippen molar-refractivity contribution in [3.05, 3.63) is 90.5 Å². The smallest absolute Gasteiger partial charge is 0.339 e. The van der Waals surface area contributed by atoms with E-state index in [2.05, 4.69) is 24.3 Å². The van der Waals surface area contributed by atoms with Crippen molar-refractivity contribution in [2.75, 3.05) is 0 Å². The molecule has 1 aliphatic rings. The predicted octanol–water partition coefficient (Wildman–Crippen LogP) is 6.24. The predicted molar refractivity (Wildman–Crippen MR) is 125 cm³/mol. The lowest BCUT2D eigenvalue weighted by Gasteiger charge is -2.21. The van der Waals surface area contributed by atoms with Crippen LogP contribution in [0.2, 0.25) is 0 Å². The first-order chi connectivity index (χ1) is 15.7. The van der Waals surface area contributed by atoms with Gasteiger partial charge in [0.2, 0.25) is 0 Å². The van der Waals surface area contributed by atoms with E-state index < -0.39 is 12.1 Å². The van der Waals surface area contributed by atoms with Crippen molar-refractivity contribution in [2.24, 2.45) is 0 Å². The van der Waals surface area contributed by atoms with Crippen LogP contribution in [-0.4, -0.2) is 22.8 Å². The highest BCUT2D eigenvalue weighted by Crippen LogP contribution is 2.29. The highest BCUT2D eigenvalue weighted by atomic mass is 16.5. The van der Waals surface area contributed by atoms with Crippen LogP contribution in [0.1, 0.15) is 36.0 Å². The van der Waals surface area contributed by atoms with Crippen molar-refractivity contribution in [3.63, 3.8) is 0 Å². The van der Waals surface area contributed by atoms with Crippen molar-refractivity contribution in [3.8, 4) is 22.4 Å². The first kappa shape index (κ1) is 20.1. The molecule has 0 amide bonds. The molecule has 3 aromatic carbocycles. The first-order valence-electron chi connectivity index (χ1n) is 11.0. The molecule has 4 aromatic rings. The number of ketones is 1. The number of fused-ring (bicyclic) bond motifs is 1. The number of carbonyl (C=O) groups excluding carboxylic acids is 2. The van der Waals surface area contributed by atoms with Gasteiger partial charge in [0.15, 0.2) is 11.9 Å². The monoisotopic (exact) mass is 421 g/mol. The SMILES string of the molecule is O=C(O[C@@H]1CCCCC1=O)c1cc(-c2ccc(-c3ccccc3)cc2)nc2ccccc12. The van der Waals surface area contributed by atoms with E-state index in [1.54, 1.807) is 6.07 Å². The van der Waals surface area contributed by atoms with E-state index >= 15 is 0 Å². The average Bonchev–Trinajstić information content (AvgIpc) is 2.85. The minimum Gasteiger partial charge on any atom is -0.451 e. The first-order valence-corrected chi connectivity index (χ1v) is 11.0. The fourth-order valence-corrected chi connectivity index (χ4v) is 4.22. The lowest BCUT2D eigenvalue weighted by molar-refractivity contribution is -0.129. The van der Waals surface area contributed by atoms with Gasteiger partial charge in [-0.25, -0.2) is 9.78 Å². The standard InChI is InChI=1S/C28H23NO3/c30-26-12-6-7-13-27(26)32-28(31)23-18-25(29-24-11-5-4-10-22(23)24)21-16-14-20(15-17-21)19-8-2-1-3-9-19/h1-5,8-11,14-18,27H,6-7,12-13H2/t27-/m1/s1. The summed E-state index contributed by atoms with van der Waals surface area (Å²) < 4.78 is 5.65. The Labute approximate surface area is 186 Å². The van der Waals surface area contributed by atoms with Crippen LogP contribution in [0.25, 0.3) is 33.3 Å². The van der Waals surface area contributed by atoms with Crippen molar-refractivity contribution in [1.29, 1.82) is 0 Å². The van der Waals surface area contributed by atoms with Gasteiger partial charge in [-0.1, -0.05) is 72.8 Å². The largest absolute Gasteiger partial charge is 0.451 e. The quantitative estimate of drug-likeness (QED) is 0.366. The number of pyridine rings is 1. The number of benzene rings is 3. The van der Waals surface area contributed by atoms with Gasteiger partial charge in [-0.2, -0.15) is 0 Å². The number of Topliss-reactive ketones (excluding diaryl/α,β-unsaturated/α-hetero) is 1. The molecule has 158 valence electrons. The van der Waals surface area contributed by atoms with Gasteiger partial charge < -0.3 is 4.74 Å². The third kappa shape index (κ3) is 4.04. The fraction of sp³-hybridized carbons (Fsp3) is 0.179. The number of para-hydroxylation sites is 1.